The minimum absolute atomic E-state index is 0. The number of hydrogen-bond acceptors (Lipinski definition) is 3. The molecule has 5 nitrogen and oxygen atoms in total. The maximum Gasteiger partial charge on any atom is 0.227 e. The van der Waals surface area contributed by atoms with Gasteiger partial charge in [0.25, 0.3) is 0 Å². The predicted molar refractivity (Wildman–Crippen MR) is 109 cm³/mol. The van der Waals surface area contributed by atoms with Crippen LogP contribution in [0.25, 0.3) is 0 Å². The summed E-state index contributed by atoms with van der Waals surface area (Å²) in [4.78, 5) is 15.4. The number of likely N-dealkylation sites (tertiary alicyclic amines) is 1. The first-order valence-corrected chi connectivity index (χ1v) is 9.72. The van der Waals surface area contributed by atoms with Crippen molar-refractivity contribution in [2.75, 3.05) is 26.2 Å². The molecule has 2 aliphatic rings. The molecule has 1 amide bonds. The topological polar surface area (TPSA) is 50.2 Å². The lowest BCUT2D eigenvalue weighted by atomic mass is 9.87. The van der Waals surface area contributed by atoms with E-state index in [9.17, 15) is 4.79 Å². The van der Waals surface area contributed by atoms with Crippen LogP contribution in [-0.4, -0.2) is 46.8 Å². The number of carbonyl (C=O) groups is 1. The molecular formula is C21H29ClN4O. The molecule has 0 bridgehead atoms. The minimum Gasteiger partial charge on any atom is -0.342 e. The normalized spacial score (nSPS) is 25.2. The van der Waals surface area contributed by atoms with Crippen LogP contribution in [-0.2, 0) is 18.3 Å². The highest BCUT2D eigenvalue weighted by Gasteiger charge is 2.38. The molecule has 0 spiro atoms. The Bertz CT molecular complexity index is 748. The molecule has 0 aliphatic carbocycles. The quantitative estimate of drug-likeness (QED) is 0.875. The maximum atomic E-state index is 13.2. The number of carbonyl (C=O) groups excluding carboxylic acids is 1. The summed E-state index contributed by atoms with van der Waals surface area (Å²) >= 11 is 0. The van der Waals surface area contributed by atoms with Crippen molar-refractivity contribution >= 4 is 18.3 Å². The Labute approximate surface area is 167 Å². The molecule has 0 radical (unpaired) electrons. The summed E-state index contributed by atoms with van der Waals surface area (Å²) in [5.41, 5.74) is 2.55. The smallest absolute Gasteiger partial charge is 0.227 e. The zero-order valence-corrected chi connectivity index (χ0v) is 16.7. The molecule has 1 unspecified atom stereocenters. The molecule has 4 rings (SSSR count). The Balaban J connectivity index is 0.00000210. The van der Waals surface area contributed by atoms with Gasteiger partial charge in [-0.1, -0.05) is 30.3 Å². The van der Waals surface area contributed by atoms with Gasteiger partial charge in [-0.3, -0.25) is 9.48 Å². The van der Waals surface area contributed by atoms with Gasteiger partial charge in [-0.2, -0.15) is 5.10 Å². The lowest BCUT2D eigenvalue weighted by Gasteiger charge is -2.35. The molecule has 27 heavy (non-hydrogen) atoms. The lowest BCUT2D eigenvalue weighted by molar-refractivity contribution is -0.137. The number of nitrogens with zero attached hydrogens (tertiary/aromatic N) is 3. The fourth-order valence-electron chi connectivity index (χ4n) is 4.53. The van der Waals surface area contributed by atoms with E-state index in [1.54, 1.807) is 0 Å². The van der Waals surface area contributed by atoms with Crippen molar-refractivity contribution in [3.63, 3.8) is 0 Å². The van der Waals surface area contributed by atoms with Crippen molar-refractivity contribution in [3.05, 3.63) is 53.9 Å². The molecule has 3 heterocycles. The summed E-state index contributed by atoms with van der Waals surface area (Å²) in [6, 6.07) is 10.7. The highest BCUT2D eigenvalue weighted by atomic mass is 35.5. The van der Waals surface area contributed by atoms with Crippen LogP contribution in [0.4, 0.5) is 0 Å². The van der Waals surface area contributed by atoms with Gasteiger partial charge in [-0.25, -0.2) is 0 Å². The Morgan fingerprint density at radius 1 is 1.26 bits per heavy atom. The van der Waals surface area contributed by atoms with Gasteiger partial charge >= 0.3 is 0 Å². The number of benzene rings is 1. The van der Waals surface area contributed by atoms with Crippen LogP contribution in [0.1, 0.15) is 29.9 Å². The second-order valence-electron chi connectivity index (χ2n) is 7.80. The number of nitrogens with one attached hydrogen (secondary N) is 1. The van der Waals surface area contributed by atoms with Gasteiger partial charge in [0, 0.05) is 45.3 Å². The number of amides is 1. The third kappa shape index (κ3) is 4.53. The highest BCUT2D eigenvalue weighted by Crippen LogP contribution is 2.31. The highest BCUT2D eigenvalue weighted by molar-refractivity contribution is 5.85. The van der Waals surface area contributed by atoms with Gasteiger partial charge in [0.1, 0.15) is 0 Å². The van der Waals surface area contributed by atoms with Crippen LogP contribution >= 0.6 is 12.4 Å². The summed E-state index contributed by atoms with van der Waals surface area (Å²) in [6.45, 7) is 3.44. The van der Waals surface area contributed by atoms with Crippen molar-refractivity contribution in [2.24, 2.45) is 18.9 Å². The van der Waals surface area contributed by atoms with E-state index in [-0.39, 0.29) is 24.2 Å². The first-order chi connectivity index (χ1) is 12.7. The summed E-state index contributed by atoms with van der Waals surface area (Å²) in [7, 11) is 1.93. The second-order valence-corrected chi connectivity index (χ2v) is 7.80. The summed E-state index contributed by atoms with van der Waals surface area (Å²) in [6.07, 6.45) is 7.35. The fourth-order valence-corrected chi connectivity index (χ4v) is 4.53. The van der Waals surface area contributed by atoms with Crippen molar-refractivity contribution in [2.45, 2.75) is 25.2 Å². The summed E-state index contributed by atoms with van der Waals surface area (Å²) in [5.74, 6) is 1.17. The van der Waals surface area contributed by atoms with E-state index in [1.165, 1.54) is 17.5 Å². The third-order valence-electron chi connectivity index (χ3n) is 5.88. The largest absolute Gasteiger partial charge is 0.342 e. The first kappa shape index (κ1) is 19.9. The van der Waals surface area contributed by atoms with Gasteiger partial charge < -0.3 is 10.2 Å². The molecule has 146 valence electrons. The van der Waals surface area contributed by atoms with Gasteiger partial charge in [0.15, 0.2) is 0 Å². The van der Waals surface area contributed by atoms with Gasteiger partial charge in [0.05, 0.1) is 12.1 Å². The monoisotopic (exact) mass is 388 g/mol. The number of piperidine rings is 1. The average molecular weight is 389 g/mol. The minimum atomic E-state index is 0. The van der Waals surface area contributed by atoms with Gasteiger partial charge in [-0.15, -0.1) is 12.4 Å². The van der Waals surface area contributed by atoms with Crippen LogP contribution in [0.15, 0.2) is 42.7 Å². The van der Waals surface area contributed by atoms with Crippen LogP contribution in [0.2, 0.25) is 0 Å². The maximum absolute atomic E-state index is 13.2. The second kappa shape index (κ2) is 8.89. The first-order valence-electron chi connectivity index (χ1n) is 9.72. The number of halogens is 1. The number of rotatable bonds is 4. The molecule has 6 heteroatoms. The Morgan fingerprint density at radius 3 is 2.81 bits per heavy atom. The molecule has 2 aromatic rings. The van der Waals surface area contributed by atoms with E-state index in [4.69, 9.17) is 0 Å². The molecule has 0 saturated carbocycles. The number of aromatic nitrogens is 2. The van der Waals surface area contributed by atoms with Gasteiger partial charge in [0.2, 0.25) is 5.91 Å². The Kier molecular flexibility index (Phi) is 6.55. The van der Waals surface area contributed by atoms with E-state index in [0.717, 1.165) is 39.0 Å². The fraction of sp³-hybridized carbons (Fsp3) is 0.524. The van der Waals surface area contributed by atoms with Crippen LogP contribution in [0.3, 0.4) is 0 Å². The van der Waals surface area contributed by atoms with E-state index in [1.807, 2.05) is 24.1 Å². The summed E-state index contributed by atoms with van der Waals surface area (Å²) in [5, 5.41) is 7.71. The molecule has 2 saturated heterocycles. The molecule has 1 aromatic carbocycles. The number of hydrogen-bond donors (Lipinski definition) is 1. The molecule has 3 atom stereocenters. The molecule has 2 fully saturated rings. The van der Waals surface area contributed by atoms with E-state index >= 15 is 0 Å². The standard InChI is InChI=1S/C21H28N4O.ClH/c1-24-15-18(11-23-24)19-12-22-13-20(19)21(26)25-9-5-8-17(14-25)10-16-6-3-2-4-7-16;/h2-4,6-7,11,15,17,19-20,22H,5,8-10,12-14H2,1H3;1H/t17?,19-,20+;/m1./s1. The van der Waals surface area contributed by atoms with Crippen LogP contribution in [0, 0.1) is 11.8 Å². The zero-order chi connectivity index (χ0) is 17.9. The Morgan fingerprint density at radius 2 is 2.07 bits per heavy atom. The SMILES string of the molecule is Cl.Cn1cc([C@H]2CNC[C@@H]2C(=O)N2CCCC(Cc3ccccc3)C2)cn1. The molecule has 2 aliphatic heterocycles. The lowest BCUT2D eigenvalue weighted by Crippen LogP contribution is -2.45. The third-order valence-corrected chi connectivity index (χ3v) is 5.88. The predicted octanol–water partition coefficient (Wildman–Crippen LogP) is 2.63. The Hall–Kier alpha value is -1.85. The van der Waals surface area contributed by atoms with Crippen molar-refractivity contribution in [3.8, 4) is 0 Å². The van der Waals surface area contributed by atoms with Crippen LogP contribution in [0.5, 0.6) is 0 Å². The van der Waals surface area contributed by atoms with E-state index in [2.05, 4.69) is 45.6 Å². The average Bonchev–Trinajstić information content (AvgIpc) is 3.31. The van der Waals surface area contributed by atoms with Crippen molar-refractivity contribution < 1.29 is 4.79 Å². The van der Waals surface area contributed by atoms with Crippen LogP contribution < -0.4 is 5.32 Å². The molecule has 1 aromatic heterocycles. The molecule has 1 N–H and O–H groups in total. The molecular weight excluding hydrogens is 360 g/mol. The van der Waals surface area contributed by atoms with Crippen molar-refractivity contribution in [1.29, 1.82) is 0 Å². The van der Waals surface area contributed by atoms with E-state index < -0.39 is 0 Å². The van der Waals surface area contributed by atoms with Crippen molar-refractivity contribution in [1.82, 2.24) is 20.0 Å². The zero-order valence-electron chi connectivity index (χ0n) is 15.9. The summed E-state index contributed by atoms with van der Waals surface area (Å²) < 4.78 is 1.83. The van der Waals surface area contributed by atoms with E-state index in [0.29, 0.717) is 11.8 Å². The van der Waals surface area contributed by atoms with Gasteiger partial charge in [-0.05, 0) is 36.3 Å². The number of aryl methyl sites for hydroxylation is 1.